The van der Waals surface area contributed by atoms with Crippen molar-refractivity contribution in [2.75, 3.05) is 6.61 Å². The molecule has 44 heavy (non-hydrogen) atoms. The minimum Gasteiger partial charge on any atom is -0.491 e. The van der Waals surface area contributed by atoms with E-state index in [4.69, 9.17) is 16.3 Å². The maximum absolute atomic E-state index is 13.8. The predicted molar refractivity (Wildman–Crippen MR) is 171 cm³/mol. The fraction of sp³-hybridized carbons (Fsp3) is 0.152. The molecule has 0 fully saturated rings. The summed E-state index contributed by atoms with van der Waals surface area (Å²) >= 11 is 7.71. The van der Waals surface area contributed by atoms with Crippen molar-refractivity contribution in [1.82, 2.24) is 19.5 Å². The van der Waals surface area contributed by atoms with Crippen LogP contribution in [0.4, 0.5) is 0 Å². The Bertz CT molecular complexity index is 2190. The first-order chi connectivity index (χ1) is 21.3. The molecule has 2 aromatic carbocycles. The number of thiophene rings is 1. The van der Waals surface area contributed by atoms with Gasteiger partial charge in [0, 0.05) is 32.8 Å². The van der Waals surface area contributed by atoms with Crippen molar-refractivity contribution in [2.24, 2.45) is 0 Å². The second kappa shape index (κ2) is 11.9. The van der Waals surface area contributed by atoms with Gasteiger partial charge in [-0.2, -0.15) is 5.26 Å². The highest BCUT2D eigenvalue weighted by Crippen LogP contribution is 2.40. The minimum atomic E-state index is -1.04. The Kier molecular flexibility index (Phi) is 7.82. The minimum absolute atomic E-state index is 0.112. The van der Waals surface area contributed by atoms with Gasteiger partial charge in [0.2, 0.25) is 0 Å². The van der Waals surface area contributed by atoms with Crippen LogP contribution in [0.1, 0.15) is 34.4 Å². The Labute approximate surface area is 260 Å². The molecule has 0 saturated heterocycles. The highest BCUT2D eigenvalue weighted by atomic mass is 35.5. The first-order valence-electron chi connectivity index (χ1n) is 13.7. The lowest BCUT2D eigenvalue weighted by atomic mass is 10.0. The summed E-state index contributed by atoms with van der Waals surface area (Å²) in [4.78, 5) is 39.2. The van der Waals surface area contributed by atoms with E-state index in [9.17, 15) is 20.0 Å². The lowest BCUT2D eigenvalue weighted by Crippen LogP contribution is -2.27. The van der Waals surface area contributed by atoms with Crippen molar-refractivity contribution in [3.63, 3.8) is 0 Å². The number of nitrogens with zero attached hydrogens (tertiary/aromatic N) is 5. The van der Waals surface area contributed by atoms with Crippen LogP contribution in [0.3, 0.4) is 0 Å². The maximum Gasteiger partial charge on any atom is 0.338 e. The van der Waals surface area contributed by atoms with E-state index in [1.165, 1.54) is 22.1 Å². The standard InChI is InChI=1S/C33H24ClN5O4S/c1-3-21-14-23(31-30(38-21)25(17-44-31)33(41)42)22-13-20(34)9-10-27(22)43-12-11-39-18(2)37-26-16-36-29(19-7-5-4-6-8-19)24(15-35)28(26)32(39)40/h4-10,13-14,16-17H,3,11-12H2,1-2H3,(H,41,42). The molecule has 11 heteroatoms. The molecule has 0 spiro atoms. The summed E-state index contributed by atoms with van der Waals surface area (Å²) in [6.45, 7) is 3.95. The van der Waals surface area contributed by atoms with Gasteiger partial charge in [-0.05, 0) is 37.6 Å². The van der Waals surface area contributed by atoms with Gasteiger partial charge in [-0.1, -0.05) is 48.9 Å². The van der Waals surface area contributed by atoms with Crippen LogP contribution in [-0.4, -0.2) is 37.2 Å². The van der Waals surface area contributed by atoms with Crippen molar-refractivity contribution in [3.05, 3.63) is 104 Å². The molecule has 0 bridgehead atoms. The second-order valence-corrected chi connectivity index (χ2v) is 11.3. The van der Waals surface area contributed by atoms with Crippen molar-refractivity contribution in [1.29, 1.82) is 5.26 Å². The van der Waals surface area contributed by atoms with Crippen molar-refractivity contribution in [2.45, 2.75) is 26.8 Å². The summed E-state index contributed by atoms with van der Waals surface area (Å²) in [5.41, 5.74) is 4.08. The Morgan fingerprint density at radius 2 is 1.93 bits per heavy atom. The summed E-state index contributed by atoms with van der Waals surface area (Å²) in [5, 5.41) is 22.0. The van der Waals surface area contributed by atoms with Gasteiger partial charge in [0.15, 0.2) is 0 Å². The smallest absolute Gasteiger partial charge is 0.338 e. The summed E-state index contributed by atoms with van der Waals surface area (Å²) in [5.74, 6) is -0.0627. The number of fused-ring (bicyclic) bond motifs is 2. The average Bonchev–Trinajstić information content (AvgIpc) is 3.47. The number of aryl methyl sites for hydroxylation is 2. The van der Waals surface area contributed by atoms with Crippen molar-refractivity contribution >= 4 is 50.0 Å². The molecule has 4 aromatic heterocycles. The van der Waals surface area contributed by atoms with Crippen LogP contribution in [0.5, 0.6) is 5.75 Å². The number of carbonyl (C=O) groups is 1. The Balaban J connectivity index is 1.37. The summed E-state index contributed by atoms with van der Waals surface area (Å²) in [6.07, 6.45) is 2.13. The third-order valence-electron chi connectivity index (χ3n) is 7.32. The summed E-state index contributed by atoms with van der Waals surface area (Å²) in [6, 6.07) is 18.6. The van der Waals surface area contributed by atoms with Crippen LogP contribution in [0.25, 0.3) is 43.5 Å². The highest BCUT2D eigenvalue weighted by molar-refractivity contribution is 7.18. The van der Waals surface area contributed by atoms with Gasteiger partial charge >= 0.3 is 5.97 Å². The molecule has 1 N–H and O–H groups in total. The van der Waals surface area contributed by atoms with Crippen LogP contribution < -0.4 is 10.3 Å². The molecule has 0 aliphatic carbocycles. The zero-order chi connectivity index (χ0) is 31.0. The number of nitriles is 1. The fourth-order valence-corrected chi connectivity index (χ4v) is 6.37. The first kappa shape index (κ1) is 29.0. The number of rotatable bonds is 8. The molecule has 0 aliphatic rings. The number of carboxylic acid groups (broad SMARTS) is 1. The molecule has 0 radical (unpaired) electrons. The number of ether oxygens (including phenoxy) is 1. The number of aromatic nitrogens is 4. The summed E-state index contributed by atoms with van der Waals surface area (Å²) in [7, 11) is 0. The molecule has 4 heterocycles. The zero-order valence-corrected chi connectivity index (χ0v) is 25.2. The van der Waals surface area contributed by atoms with E-state index >= 15 is 0 Å². The van der Waals surface area contributed by atoms with Gasteiger partial charge in [-0.15, -0.1) is 11.3 Å². The maximum atomic E-state index is 13.8. The van der Waals surface area contributed by atoms with Crippen LogP contribution in [0.2, 0.25) is 5.02 Å². The van der Waals surface area contributed by atoms with E-state index < -0.39 is 5.97 Å². The average molecular weight is 622 g/mol. The Morgan fingerprint density at radius 3 is 2.66 bits per heavy atom. The van der Waals surface area contributed by atoms with Gasteiger partial charge < -0.3 is 9.84 Å². The van der Waals surface area contributed by atoms with Gasteiger partial charge in [0.05, 0.1) is 50.7 Å². The Morgan fingerprint density at radius 1 is 1.14 bits per heavy atom. The third kappa shape index (κ3) is 5.17. The fourth-order valence-electron chi connectivity index (χ4n) is 5.19. The van der Waals surface area contributed by atoms with E-state index in [1.807, 2.05) is 43.3 Å². The van der Waals surface area contributed by atoms with E-state index in [0.717, 1.165) is 16.8 Å². The summed E-state index contributed by atoms with van der Waals surface area (Å²) < 4.78 is 8.45. The molecule has 6 rings (SSSR count). The number of hydrogen-bond acceptors (Lipinski definition) is 8. The lowest BCUT2D eigenvalue weighted by Gasteiger charge is -2.16. The van der Waals surface area contributed by atoms with Gasteiger partial charge in [0.25, 0.3) is 5.56 Å². The lowest BCUT2D eigenvalue weighted by molar-refractivity contribution is 0.0699. The van der Waals surface area contributed by atoms with Gasteiger partial charge in [0.1, 0.15) is 24.3 Å². The number of halogens is 1. The van der Waals surface area contributed by atoms with Crippen LogP contribution in [-0.2, 0) is 13.0 Å². The number of hydrogen-bond donors (Lipinski definition) is 1. The number of pyridine rings is 2. The second-order valence-electron chi connectivity index (χ2n) is 9.97. The van der Waals surface area contributed by atoms with E-state index in [0.29, 0.717) is 50.0 Å². The topological polar surface area (TPSA) is 131 Å². The molecule has 0 aliphatic heterocycles. The molecular formula is C33H24ClN5O4S. The molecular weight excluding hydrogens is 598 g/mol. The number of aromatic carboxylic acids is 1. The van der Waals surface area contributed by atoms with Crippen LogP contribution in [0, 0.1) is 18.3 Å². The zero-order valence-electron chi connectivity index (χ0n) is 23.7. The number of benzene rings is 2. The first-order valence-corrected chi connectivity index (χ1v) is 15.0. The van der Waals surface area contributed by atoms with E-state index in [2.05, 4.69) is 21.0 Å². The predicted octanol–water partition coefficient (Wildman–Crippen LogP) is 6.91. The SMILES string of the molecule is CCc1cc(-c2cc(Cl)ccc2OCCn2c(C)nc3cnc(-c4ccccc4)c(C#N)c3c2=O)c2scc(C(=O)O)c2n1. The molecule has 6 aromatic rings. The normalized spacial score (nSPS) is 11.1. The monoisotopic (exact) mass is 621 g/mol. The Hall–Kier alpha value is -5.11. The van der Waals surface area contributed by atoms with Crippen molar-refractivity contribution < 1.29 is 14.6 Å². The highest BCUT2D eigenvalue weighted by Gasteiger charge is 2.21. The van der Waals surface area contributed by atoms with E-state index in [1.54, 1.807) is 30.5 Å². The molecule has 0 unspecified atom stereocenters. The third-order valence-corrected chi connectivity index (χ3v) is 8.56. The molecule has 0 amide bonds. The van der Waals surface area contributed by atoms with Crippen LogP contribution >= 0.6 is 22.9 Å². The molecule has 0 atom stereocenters. The van der Waals surface area contributed by atoms with Gasteiger partial charge in [-0.25, -0.2) is 9.78 Å². The number of carboxylic acids is 1. The quantitative estimate of drug-likeness (QED) is 0.194. The largest absolute Gasteiger partial charge is 0.491 e. The van der Waals surface area contributed by atoms with E-state index in [-0.39, 0.29) is 35.2 Å². The van der Waals surface area contributed by atoms with Gasteiger partial charge in [-0.3, -0.25) is 19.3 Å². The van der Waals surface area contributed by atoms with Crippen molar-refractivity contribution in [3.8, 4) is 34.2 Å². The van der Waals surface area contributed by atoms with Crippen LogP contribution in [0.15, 0.2) is 71.0 Å². The molecule has 0 saturated carbocycles. The molecule has 9 nitrogen and oxygen atoms in total. The molecule has 218 valence electrons.